The molecule has 1 N–H and O–H groups in total. The Morgan fingerprint density at radius 3 is 2.68 bits per heavy atom. The van der Waals surface area contributed by atoms with Gasteiger partial charge in [0.2, 0.25) is 0 Å². The van der Waals surface area contributed by atoms with E-state index >= 15 is 0 Å². The standard InChI is InChI=1S/C15H20N2O2/c1-4-11-7-12(5-6-13(11)18-3)14(17-2)15(8-16)9-19-10-15/h5-7,14,17H,4,9-10H2,1-3H3. The largest absolute Gasteiger partial charge is 0.496 e. The highest BCUT2D eigenvalue weighted by Crippen LogP contribution is 2.40. The first-order valence-electron chi connectivity index (χ1n) is 6.54. The Balaban J connectivity index is 2.36. The number of methoxy groups -OCH3 is 1. The Hall–Kier alpha value is -1.57. The SMILES string of the molecule is CCc1cc(C(NC)C2(C#N)COC2)ccc1OC. The molecule has 0 aliphatic carbocycles. The quantitative estimate of drug-likeness (QED) is 0.880. The normalized spacial score (nSPS) is 18.2. The van der Waals surface area contributed by atoms with Crippen molar-refractivity contribution in [2.24, 2.45) is 5.41 Å². The Morgan fingerprint density at radius 2 is 2.26 bits per heavy atom. The Morgan fingerprint density at radius 1 is 1.53 bits per heavy atom. The van der Waals surface area contributed by atoms with E-state index in [-0.39, 0.29) is 6.04 Å². The third kappa shape index (κ3) is 2.32. The van der Waals surface area contributed by atoms with E-state index in [9.17, 15) is 5.26 Å². The average Bonchev–Trinajstić information content (AvgIpc) is 2.42. The average molecular weight is 260 g/mol. The second kappa shape index (κ2) is 5.60. The molecule has 1 atom stereocenters. The molecule has 0 spiro atoms. The van der Waals surface area contributed by atoms with Crippen LogP contribution in [0.5, 0.6) is 5.75 Å². The molecule has 19 heavy (non-hydrogen) atoms. The molecule has 4 nitrogen and oxygen atoms in total. The monoisotopic (exact) mass is 260 g/mol. The second-order valence-corrected chi connectivity index (χ2v) is 4.91. The molecule has 102 valence electrons. The fourth-order valence-electron chi connectivity index (χ4n) is 2.63. The predicted molar refractivity (Wildman–Crippen MR) is 73.0 cm³/mol. The highest BCUT2D eigenvalue weighted by atomic mass is 16.5. The van der Waals surface area contributed by atoms with Crippen LogP contribution in [0.2, 0.25) is 0 Å². The lowest BCUT2D eigenvalue weighted by atomic mass is 9.76. The third-order valence-electron chi connectivity index (χ3n) is 3.80. The minimum Gasteiger partial charge on any atom is -0.496 e. The van der Waals surface area contributed by atoms with Gasteiger partial charge < -0.3 is 14.8 Å². The van der Waals surface area contributed by atoms with Gasteiger partial charge in [-0.2, -0.15) is 5.26 Å². The van der Waals surface area contributed by atoms with Crippen LogP contribution in [0, 0.1) is 16.7 Å². The molecule has 0 bridgehead atoms. The predicted octanol–water partition coefficient (Wildman–Crippen LogP) is 2.06. The van der Waals surface area contributed by atoms with Crippen molar-refractivity contribution in [1.29, 1.82) is 5.26 Å². The summed E-state index contributed by atoms with van der Waals surface area (Å²) in [6, 6.07) is 8.52. The molecule has 2 rings (SSSR count). The van der Waals surface area contributed by atoms with Crippen LogP contribution in [0.4, 0.5) is 0 Å². The zero-order valence-corrected chi connectivity index (χ0v) is 11.7. The molecule has 0 amide bonds. The Bertz CT molecular complexity index is 489. The zero-order valence-electron chi connectivity index (χ0n) is 11.7. The van der Waals surface area contributed by atoms with Crippen LogP contribution < -0.4 is 10.1 Å². The van der Waals surface area contributed by atoms with Gasteiger partial charge in [0.1, 0.15) is 11.2 Å². The van der Waals surface area contributed by atoms with Crippen LogP contribution in [0.1, 0.15) is 24.1 Å². The molecular formula is C15H20N2O2. The Kier molecular flexibility index (Phi) is 4.08. The van der Waals surface area contributed by atoms with E-state index in [1.165, 1.54) is 0 Å². The fourth-order valence-corrected chi connectivity index (χ4v) is 2.63. The number of aryl methyl sites for hydroxylation is 1. The lowest BCUT2D eigenvalue weighted by Crippen LogP contribution is -2.50. The number of hydrogen-bond donors (Lipinski definition) is 1. The van der Waals surface area contributed by atoms with Gasteiger partial charge in [-0.25, -0.2) is 0 Å². The van der Waals surface area contributed by atoms with Crippen LogP contribution in [0.25, 0.3) is 0 Å². The van der Waals surface area contributed by atoms with Crippen LogP contribution in [-0.2, 0) is 11.2 Å². The van der Waals surface area contributed by atoms with E-state index in [0.717, 1.165) is 23.3 Å². The van der Waals surface area contributed by atoms with E-state index in [1.54, 1.807) is 7.11 Å². The van der Waals surface area contributed by atoms with E-state index < -0.39 is 5.41 Å². The minimum atomic E-state index is -0.450. The summed E-state index contributed by atoms with van der Waals surface area (Å²) in [6.07, 6.45) is 0.906. The number of nitriles is 1. The molecule has 1 saturated heterocycles. The second-order valence-electron chi connectivity index (χ2n) is 4.91. The van der Waals surface area contributed by atoms with Gasteiger partial charge in [-0.05, 0) is 30.7 Å². The Labute approximate surface area is 114 Å². The summed E-state index contributed by atoms with van der Waals surface area (Å²) >= 11 is 0. The molecule has 1 aliphatic rings. The molecular weight excluding hydrogens is 240 g/mol. The molecule has 0 saturated carbocycles. The molecule has 1 aromatic rings. The van der Waals surface area contributed by atoms with Gasteiger partial charge in [-0.15, -0.1) is 0 Å². The van der Waals surface area contributed by atoms with Crippen molar-refractivity contribution in [3.8, 4) is 11.8 Å². The number of benzene rings is 1. The number of nitrogens with zero attached hydrogens (tertiary/aromatic N) is 1. The number of rotatable bonds is 5. The van der Waals surface area contributed by atoms with Crippen molar-refractivity contribution in [2.75, 3.05) is 27.4 Å². The summed E-state index contributed by atoms with van der Waals surface area (Å²) in [7, 11) is 3.57. The topological polar surface area (TPSA) is 54.3 Å². The van der Waals surface area contributed by atoms with Gasteiger partial charge in [0, 0.05) is 0 Å². The summed E-state index contributed by atoms with van der Waals surface area (Å²) in [5, 5.41) is 12.7. The molecule has 1 heterocycles. The third-order valence-corrected chi connectivity index (χ3v) is 3.80. The summed E-state index contributed by atoms with van der Waals surface area (Å²) in [5.41, 5.74) is 1.83. The lowest BCUT2D eigenvalue weighted by molar-refractivity contribution is -0.0963. The lowest BCUT2D eigenvalue weighted by Gasteiger charge is -2.41. The first-order valence-corrected chi connectivity index (χ1v) is 6.54. The van der Waals surface area contributed by atoms with Crippen LogP contribution in [0.15, 0.2) is 18.2 Å². The smallest absolute Gasteiger partial charge is 0.123 e. The van der Waals surface area contributed by atoms with Crippen molar-refractivity contribution in [3.05, 3.63) is 29.3 Å². The van der Waals surface area contributed by atoms with Gasteiger partial charge in [0.05, 0.1) is 32.4 Å². The van der Waals surface area contributed by atoms with Crippen molar-refractivity contribution >= 4 is 0 Å². The molecule has 1 aliphatic heterocycles. The van der Waals surface area contributed by atoms with Crippen molar-refractivity contribution in [3.63, 3.8) is 0 Å². The highest BCUT2D eigenvalue weighted by molar-refractivity contribution is 5.40. The zero-order chi connectivity index (χ0) is 13.9. The summed E-state index contributed by atoms with van der Waals surface area (Å²) in [6.45, 7) is 3.08. The molecule has 0 aromatic heterocycles. The van der Waals surface area contributed by atoms with E-state index in [1.807, 2.05) is 19.2 Å². The van der Waals surface area contributed by atoms with E-state index in [4.69, 9.17) is 9.47 Å². The van der Waals surface area contributed by atoms with E-state index in [0.29, 0.717) is 13.2 Å². The van der Waals surface area contributed by atoms with Gasteiger partial charge in [-0.3, -0.25) is 0 Å². The van der Waals surface area contributed by atoms with Crippen molar-refractivity contribution in [1.82, 2.24) is 5.32 Å². The number of ether oxygens (including phenoxy) is 2. The molecule has 1 aromatic carbocycles. The summed E-state index contributed by atoms with van der Waals surface area (Å²) in [5.74, 6) is 0.900. The van der Waals surface area contributed by atoms with Crippen molar-refractivity contribution < 1.29 is 9.47 Å². The molecule has 1 fully saturated rings. The van der Waals surface area contributed by atoms with Crippen LogP contribution in [-0.4, -0.2) is 27.4 Å². The fraction of sp³-hybridized carbons (Fsp3) is 0.533. The molecule has 4 heteroatoms. The maximum absolute atomic E-state index is 9.43. The number of nitrogens with one attached hydrogen (secondary N) is 1. The maximum Gasteiger partial charge on any atom is 0.123 e. The van der Waals surface area contributed by atoms with E-state index in [2.05, 4.69) is 24.4 Å². The first-order chi connectivity index (χ1) is 9.20. The highest BCUT2D eigenvalue weighted by Gasteiger charge is 2.46. The maximum atomic E-state index is 9.43. The minimum absolute atomic E-state index is 0.0116. The van der Waals surface area contributed by atoms with Gasteiger partial charge >= 0.3 is 0 Å². The molecule has 0 radical (unpaired) electrons. The van der Waals surface area contributed by atoms with Crippen LogP contribution >= 0.6 is 0 Å². The number of hydrogen-bond acceptors (Lipinski definition) is 4. The van der Waals surface area contributed by atoms with Gasteiger partial charge in [0.25, 0.3) is 0 Å². The first kappa shape index (κ1) is 13.9. The van der Waals surface area contributed by atoms with Gasteiger partial charge in [-0.1, -0.05) is 19.1 Å². The van der Waals surface area contributed by atoms with Crippen molar-refractivity contribution in [2.45, 2.75) is 19.4 Å². The van der Waals surface area contributed by atoms with Crippen LogP contribution in [0.3, 0.4) is 0 Å². The molecule has 1 unspecified atom stereocenters. The van der Waals surface area contributed by atoms with Gasteiger partial charge in [0.15, 0.2) is 0 Å². The summed E-state index contributed by atoms with van der Waals surface area (Å²) in [4.78, 5) is 0. The summed E-state index contributed by atoms with van der Waals surface area (Å²) < 4.78 is 10.6.